The molecule has 0 aliphatic carbocycles. The van der Waals surface area contributed by atoms with Crippen molar-refractivity contribution in [2.45, 2.75) is 34.1 Å². The molecule has 0 aromatic heterocycles. The van der Waals surface area contributed by atoms with E-state index >= 15 is 0 Å². The molecular weight excluding hydrogens is 244 g/mol. The van der Waals surface area contributed by atoms with Crippen LogP contribution in [0.5, 0.6) is 5.75 Å². The number of aryl methyl sites for hydroxylation is 2. The third-order valence-electron chi connectivity index (χ3n) is 3.46. The minimum Gasteiger partial charge on any atom is -0.496 e. The van der Waals surface area contributed by atoms with Gasteiger partial charge in [0.1, 0.15) is 11.7 Å². The van der Waals surface area contributed by atoms with Crippen molar-refractivity contribution >= 4 is 11.8 Å². The van der Waals surface area contributed by atoms with Crippen molar-refractivity contribution in [3.63, 3.8) is 0 Å². The molecule has 0 aliphatic rings. The van der Waals surface area contributed by atoms with E-state index in [2.05, 4.69) is 0 Å². The van der Waals surface area contributed by atoms with Crippen LogP contribution in [0.2, 0.25) is 0 Å². The molecule has 1 aromatic rings. The zero-order valence-corrected chi connectivity index (χ0v) is 12.0. The summed E-state index contributed by atoms with van der Waals surface area (Å²) in [5, 5.41) is 9.12. The maximum absolute atomic E-state index is 12.4. The molecule has 4 heteroatoms. The van der Waals surface area contributed by atoms with Gasteiger partial charge in [-0.1, -0.05) is 13.0 Å². The first-order valence-corrected chi connectivity index (χ1v) is 6.26. The third kappa shape index (κ3) is 2.78. The highest BCUT2D eigenvalue weighted by Crippen LogP contribution is 2.32. The van der Waals surface area contributed by atoms with Gasteiger partial charge in [-0.25, -0.2) is 0 Å². The second-order valence-corrected chi connectivity index (χ2v) is 4.71. The normalized spacial score (nSPS) is 12.1. The van der Waals surface area contributed by atoms with Crippen LogP contribution in [-0.2, 0) is 4.79 Å². The standard InChI is InChI=1S/C15H20O4/c1-6-11(15(17)18)13(16)12-9(3)7-8(2)10(4)14(12)19-5/h7,11H,6H2,1-5H3,(H,17,18). The summed E-state index contributed by atoms with van der Waals surface area (Å²) in [6, 6.07) is 1.89. The Hall–Kier alpha value is -1.84. The van der Waals surface area contributed by atoms with E-state index < -0.39 is 11.9 Å². The Labute approximate surface area is 113 Å². The van der Waals surface area contributed by atoms with Crippen LogP contribution in [0.4, 0.5) is 0 Å². The number of benzene rings is 1. The Balaban J connectivity index is 3.46. The Morgan fingerprint density at radius 1 is 1.26 bits per heavy atom. The third-order valence-corrected chi connectivity index (χ3v) is 3.46. The Kier molecular flexibility index (Phi) is 4.70. The van der Waals surface area contributed by atoms with Crippen LogP contribution < -0.4 is 4.74 Å². The topological polar surface area (TPSA) is 63.6 Å². The molecule has 0 saturated heterocycles. The molecule has 0 spiro atoms. The van der Waals surface area contributed by atoms with Crippen molar-refractivity contribution in [2.75, 3.05) is 7.11 Å². The fourth-order valence-corrected chi connectivity index (χ4v) is 2.26. The summed E-state index contributed by atoms with van der Waals surface area (Å²) in [7, 11) is 1.50. The molecule has 1 unspecified atom stereocenters. The number of hydrogen-bond acceptors (Lipinski definition) is 3. The van der Waals surface area contributed by atoms with Crippen molar-refractivity contribution in [2.24, 2.45) is 5.92 Å². The van der Waals surface area contributed by atoms with Crippen molar-refractivity contribution in [3.05, 3.63) is 28.3 Å². The minimum atomic E-state index is -1.09. The number of methoxy groups -OCH3 is 1. The van der Waals surface area contributed by atoms with E-state index in [1.807, 2.05) is 19.9 Å². The summed E-state index contributed by atoms with van der Waals surface area (Å²) in [5.74, 6) is -2.00. The second-order valence-electron chi connectivity index (χ2n) is 4.71. The van der Waals surface area contributed by atoms with Crippen LogP contribution in [0.15, 0.2) is 6.07 Å². The lowest BCUT2D eigenvalue weighted by Gasteiger charge is -2.18. The lowest BCUT2D eigenvalue weighted by molar-refractivity contribution is -0.140. The molecule has 1 rings (SSSR count). The van der Waals surface area contributed by atoms with Crippen molar-refractivity contribution < 1.29 is 19.4 Å². The van der Waals surface area contributed by atoms with Crippen molar-refractivity contribution in [1.82, 2.24) is 0 Å². The monoisotopic (exact) mass is 264 g/mol. The molecule has 4 nitrogen and oxygen atoms in total. The van der Waals surface area contributed by atoms with Crippen LogP contribution in [0, 0.1) is 26.7 Å². The van der Waals surface area contributed by atoms with Gasteiger partial charge >= 0.3 is 5.97 Å². The lowest BCUT2D eigenvalue weighted by atomic mass is 9.89. The van der Waals surface area contributed by atoms with Crippen molar-refractivity contribution in [1.29, 1.82) is 0 Å². The summed E-state index contributed by atoms with van der Waals surface area (Å²) in [6.07, 6.45) is 0.268. The number of hydrogen-bond donors (Lipinski definition) is 1. The van der Waals surface area contributed by atoms with E-state index in [0.29, 0.717) is 11.3 Å². The molecule has 0 amide bonds. The first-order valence-electron chi connectivity index (χ1n) is 6.26. The van der Waals surface area contributed by atoms with E-state index in [-0.39, 0.29) is 12.2 Å². The molecule has 0 heterocycles. The first kappa shape index (κ1) is 15.2. The fraction of sp³-hybridized carbons (Fsp3) is 0.467. The maximum Gasteiger partial charge on any atom is 0.314 e. The largest absolute Gasteiger partial charge is 0.496 e. The van der Waals surface area contributed by atoms with Gasteiger partial charge in [0.15, 0.2) is 5.78 Å². The number of carbonyl (C=O) groups is 2. The van der Waals surface area contributed by atoms with Gasteiger partial charge in [-0.05, 0) is 43.9 Å². The molecule has 1 aromatic carbocycles. The Morgan fingerprint density at radius 2 is 1.84 bits per heavy atom. The van der Waals surface area contributed by atoms with E-state index in [4.69, 9.17) is 9.84 Å². The van der Waals surface area contributed by atoms with E-state index in [1.54, 1.807) is 13.8 Å². The smallest absolute Gasteiger partial charge is 0.314 e. The summed E-state index contributed by atoms with van der Waals surface area (Å²) in [6.45, 7) is 7.30. The van der Waals surface area contributed by atoms with Gasteiger partial charge in [0.25, 0.3) is 0 Å². The summed E-state index contributed by atoms with van der Waals surface area (Å²) in [4.78, 5) is 23.6. The number of ether oxygens (including phenoxy) is 1. The Morgan fingerprint density at radius 3 is 2.26 bits per heavy atom. The first-order chi connectivity index (χ1) is 8.84. The number of Topliss-reactive ketones (excluding diaryl/α,β-unsaturated/α-hetero) is 1. The number of carbonyl (C=O) groups excluding carboxylic acids is 1. The van der Waals surface area contributed by atoms with Gasteiger partial charge in [-0.15, -0.1) is 0 Å². The quantitative estimate of drug-likeness (QED) is 0.656. The molecule has 0 bridgehead atoms. The maximum atomic E-state index is 12.4. The molecule has 0 radical (unpaired) electrons. The highest BCUT2D eigenvalue weighted by Gasteiger charge is 2.29. The average Bonchev–Trinajstić information content (AvgIpc) is 2.33. The molecular formula is C15H20O4. The molecule has 19 heavy (non-hydrogen) atoms. The zero-order valence-electron chi connectivity index (χ0n) is 12.0. The van der Waals surface area contributed by atoms with E-state index in [1.165, 1.54) is 7.11 Å². The molecule has 1 atom stereocenters. The number of aliphatic carboxylic acids is 1. The van der Waals surface area contributed by atoms with Crippen molar-refractivity contribution in [3.8, 4) is 5.75 Å². The molecule has 0 saturated carbocycles. The SMILES string of the molecule is CCC(C(=O)O)C(=O)c1c(C)cc(C)c(C)c1OC. The second kappa shape index (κ2) is 5.87. The van der Waals surface area contributed by atoms with E-state index in [9.17, 15) is 9.59 Å². The number of carboxylic acids is 1. The average molecular weight is 264 g/mol. The lowest BCUT2D eigenvalue weighted by Crippen LogP contribution is -2.24. The number of rotatable bonds is 5. The highest BCUT2D eigenvalue weighted by molar-refractivity contribution is 6.10. The van der Waals surface area contributed by atoms with Crippen LogP contribution in [-0.4, -0.2) is 24.0 Å². The van der Waals surface area contributed by atoms with E-state index in [0.717, 1.165) is 16.7 Å². The molecule has 1 N–H and O–H groups in total. The van der Waals surface area contributed by atoms with Gasteiger partial charge in [-0.3, -0.25) is 9.59 Å². The van der Waals surface area contributed by atoms with Gasteiger partial charge in [0, 0.05) is 0 Å². The number of ketones is 1. The highest BCUT2D eigenvalue weighted by atomic mass is 16.5. The summed E-state index contributed by atoms with van der Waals surface area (Å²) < 4.78 is 5.32. The summed E-state index contributed by atoms with van der Waals surface area (Å²) in [5.41, 5.74) is 3.04. The predicted molar refractivity (Wildman–Crippen MR) is 73.0 cm³/mol. The zero-order chi connectivity index (χ0) is 14.7. The van der Waals surface area contributed by atoms with Gasteiger partial charge < -0.3 is 9.84 Å². The molecule has 0 fully saturated rings. The van der Waals surface area contributed by atoms with Crippen LogP contribution in [0.25, 0.3) is 0 Å². The van der Waals surface area contributed by atoms with Crippen LogP contribution >= 0.6 is 0 Å². The predicted octanol–water partition coefficient (Wildman–Crippen LogP) is 2.91. The Bertz CT molecular complexity index is 517. The van der Waals surface area contributed by atoms with Gasteiger partial charge in [-0.2, -0.15) is 0 Å². The molecule has 104 valence electrons. The number of carboxylic acid groups (broad SMARTS) is 1. The fourth-order valence-electron chi connectivity index (χ4n) is 2.26. The van der Waals surface area contributed by atoms with Crippen LogP contribution in [0.1, 0.15) is 40.4 Å². The van der Waals surface area contributed by atoms with Crippen LogP contribution in [0.3, 0.4) is 0 Å². The minimum absolute atomic E-state index is 0.268. The summed E-state index contributed by atoms with van der Waals surface area (Å²) >= 11 is 0. The van der Waals surface area contributed by atoms with Gasteiger partial charge in [0.2, 0.25) is 0 Å². The van der Waals surface area contributed by atoms with Gasteiger partial charge in [0.05, 0.1) is 12.7 Å². The molecule has 0 aliphatic heterocycles.